The van der Waals surface area contributed by atoms with Gasteiger partial charge in [0.25, 0.3) is 5.56 Å². The fourth-order valence-corrected chi connectivity index (χ4v) is 3.90. The van der Waals surface area contributed by atoms with E-state index in [1.807, 2.05) is 37.3 Å². The molecule has 3 rings (SSSR count). The summed E-state index contributed by atoms with van der Waals surface area (Å²) < 4.78 is 6.93. The highest BCUT2D eigenvalue weighted by atomic mass is 32.2. The molecule has 0 fully saturated rings. The molecule has 0 aliphatic heterocycles. The molecule has 1 aromatic heterocycles. The summed E-state index contributed by atoms with van der Waals surface area (Å²) in [5.74, 6) is 0.163. The highest BCUT2D eigenvalue weighted by Crippen LogP contribution is 2.24. The predicted molar refractivity (Wildman–Crippen MR) is 107 cm³/mol. The molecule has 1 heterocycles. The Kier molecular flexibility index (Phi) is 5.93. The monoisotopic (exact) mass is 383 g/mol. The molecule has 0 spiro atoms. The van der Waals surface area contributed by atoms with Crippen molar-refractivity contribution in [2.24, 2.45) is 5.73 Å². The van der Waals surface area contributed by atoms with Crippen LogP contribution in [0.25, 0.3) is 10.9 Å². The van der Waals surface area contributed by atoms with Crippen LogP contribution in [0.1, 0.15) is 28.9 Å². The van der Waals surface area contributed by atoms with Gasteiger partial charge in [-0.05, 0) is 36.8 Å². The number of fused-ring (bicyclic) bond motifs is 1. The SMILES string of the molecule is COC[C@@H](C)n1c(SCc2ccc(C(N)=O)cc2)nc2ccccc2c1=O. The summed E-state index contributed by atoms with van der Waals surface area (Å²) >= 11 is 1.48. The van der Waals surface area contributed by atoms with Crippen molar-refractivity contribution in [3.8, 4) is 0 Å². The van der Waals surface area contributed by atoms with Gasteiger partial charge in [-0.2, -0.15) is 0 Å². The second-order valence-corrected chi connectivity index (χ2v) is 7.18. The first kappa shape index (κ1) is 19.1. The van der Waals surface area contributed by atoms with E-state index in [0.29, 0.717) is 34.0 Å². The average Bonchev–Trinajstić information content (AvgIpc) is 2.67. The van der Waals surface area contributed by atoms with Crippen molar-refractivity contribution in [2.45, 2.75) is 23.9 Å². The minimum absolute atomic E-state index is 0.0725. The summed E-state index contributed by atoms with van der Waals surface area (Å²) in [4.78, 5) is 28.9. The largest absolute Gasteiger partial charge is 0.383 e. The summed E-state index contributed by atoms with van der Waals surface area (Å²) in [7, 11) is 1.61. The molecule has 6 nitrogen and oxygen atoms in total. The third-order valence-corrected chi connectivity index (χ3v) is 5.25. The van der Waals surface area contributed by atoms with Crippen LogP contribution in [0.5, 0.6) is 0 Å². The molecule has 0 radical (unpaired) electrons. The maximum absolute atomic E-state index is 13.0. The molecule has 0 aliphatic carbocycles. The van der Waals surface area contributed by atoms with E-state index in [2.05, 4.69) is 0 Å². The van der Waals surface area contributed by atoms with Gasteiger partial charge in [0.1, 0.15) is 0 Å². The Balaban J connectivity index is 1.95. The van der Waals surface area contributed by atoms with Gasteiger partial charge in [0.2, 0.25) is 5.91 Å². The van der Waals surface area contributed by atoms with Gasteiger partial charge >= 0.3 is 0 Å². The highest BCUT2D eigenvalue weighted by molar-refractivity contribution is 7.98. The van der Waals surface area contributed by atoms with Gasteiger partial charge in [-0.1, -0.05) is 36.0 Å². The predicted octanol–water partition coefficient (Wildman–Crippen LogP) is 3.00. The standard InChI is InChI=1S/C20H21N3O3S/c1-13(11-26-2)23-19(25)16-5-3-4-6-17(16)22-20(23)27-12-14-7-9-15(10-8-14)18(21)24/h3-10,13H,11-12H2,1-2H3,(H2,21,24)/t13-/m1/s1. The fourth-order valence-electron chi connectivity index (χ4n) is 2.84. The minimum atomic E-state index is -0.451. The maximum Gasteiger partial charge on any atom is 0.262 e. The lowest BCUT2D eigenvalue weighted by Crippen LogP contribution is -2.28. The number of carbonyl (C=O) groups is 1. The molecule has 1 amide bonds. The van der Waals surface area contributed by atoms with Crippen molar-refractivity contribution < 1.29 is 9.53 Å². The lowest BCUT2D eigenvalue weighted by atomic mass is 10.1. The zero-order chi connectivity index (χ0) is 19.4. The van der Waals surface area contributed by atoms with Gasteiger partial charge in [0.05, 0.1) is 23.6 Å². The van der Waals surface area contributed by atoms with Crippen molar-refractivity contribution in [2.75, 3.05) is 13.7 Å². The number of para-hydroxylation sites is 1. The number of nitrogens with two attached hydrogens (primary N) is 1. The second-order valence-electron chi connectivity index (χ2n) is 6.24. The molecule has 0 unspecified atom stereocenters. The molecule has 0 bridgehead atoms. The van der Waals surface area contributed by atoms with E-state index in [1.165, 1.54) is 11.8 Å². The first-order valence-electron chi connectivity index (χ1n) is 8.53. The number of thioether (sulfide) groups is 1. The van der Waals surface area contributed by atoms with E-state index in [4.69, 9.17) is 15.5 Å². The number of carbonyl (C=O) groups excluding carboxylic acids is 1. The van der Waals surface area contributed by atoms with Gasteiger partial charge in [-0.3, -0.25) is 14.2 Å². The number of hydrogen-bond acceptors (Lipinski definition) is 5. The lowest BCUT2D eigenvalue weighted by molar-refractivity contribution is 0.100. The van der Waals surface area contributed by atoms with E-state index in [9.17, 15) is 9.59 Å². The molecular formula is C20H21N3O3S. The van der Waals surface area contributed by atoms with Crippen LogP contribution in [0.4, 0.5) is 0 Å². The van der Waals surface area contributed by atoms with E-state index in [1.54, 1.807) is 29.9 Å². The van der Waals surface area contributed by atoms with Crippen LogP contribution in [-0.4, -0.2) is 29.2 Å². The van der Waals surface area contributed by atoms with Crippen molar-refractivity contribution >= 4 is 28.6 Å². The summed E-state index contributed by atoms with van der Waals surface area (Å²) in [5.41, 5.74) is 7.36. The Labute approximate surface area is 161 Å². The zero-order valence-electron chi connectivity index (χ0n) is 15.2. The van der Waals surface area contributed by atoms with Crippen LogP contribution in [0, 0.1) is 0 Å². The molecular weight excluding hydrogens is 362 g/mol. The van der Waals surface area contributed by atoms with Gasteiger partial charge < -0.3 is 10.5 Å². The molecule has 0 aliphatic rings. The molecule has 7 heteroatoms. The van der Waals surface area contributed by atoms with Crippen LogP contribution in [0.3, 0.4) is 0 Å². The Bertz CT molecular complexity index is 1020. The topological polar surface area (TPSA) is 87.2 Å². The van der Waals surface area contributed by atoms with Crippen LogP contribution in [0.15, 0.2) is 58.5 Å². The number of benzene rings is 2. The minimum Gasteiger partial charge on any atom is -0.383 e. The Morgan fingerprint density at radius 3 is 2.59 bits per heavy atom. The first-order chi connectivity index (χ1) is 13.0. The van der Waals surface area contributed by atoms with Crippen LogP contribution < -0.4 is 11.3 Å². The van der Waals surface area contributed by atoms with Crippen LogP contribution in [-0.2, 0) is 10.5 Å². The third-order valence-electron chi connectivity index (χ3n) is 4.23. The highest BCUT2D eigenvalue weighted by Gasteiger charge is 2.16. The summed E-state index contributed by atoms with van der Waals surface area (Å²) in [6.45, 7) is 2.36. The van der Waals surface area contributed by atoms with Gasteiger partial charge in [0.15, 0.2) is 5.16 Å². The fraction of sp³-hybridized carbons (Fsp3) is 0.250. The molecule has 140 valence electrons. The first-order valence-corrected chi connectivity index (χ1v) is 9.51. The number of nitrogens with zero attached hydrogens (tertiary/aromatic N) is 2. The molecule has 27 heavy (non-hydrogen) atoms. The van der Waals surface area contributed by atoms with Crippen molar-refractivity contribution in [1.82, 2.24) is 9.55 Å². The number of hydrogen-bond donors (Lipinski definition) is 1. The smallest absolute Gasteiger partial charge is 0.262 e. The normalized spacial score (nSPS) is 12.2. The van der Waals surface area contributed by atoms with Crippen LogP contribution >= 0.6 is 11.8 Å². The van der Waals surface area contributed by atoms with Gasteiger partial charge in [-0.15, -0.1) is 0 Å². The third kappa shape index (κ3) is 4.20. The zero-order valence-corrected chi connectivity index (χ0v) is 16.0. The molecule has 2 N–H and O–H groups in total. The van der Waals surface area contributed by atoms with E-state index < -0.39 is 5.91 Å². The number of aromatic nitrogens is 2. The van der Waals surface area contributed by atoms with Crippen molar-refractivity contribution in [3.05, 3.63) is 70.0 Å². The molecule has 0 saturated carbocycles. The number of rotatable bonds is 7. The van der Waals surface area contributed by atoms with Gasteiger partial charge in [0, 0.05) is 18.4 Å². The summed E-state index contributed by atoms with van der Waals surface area (Å²) in [6.07, 6.45) is 0. The Hall–Kier alpha value is -2.64. The quantitative estimate of drug-likeness (QED) is 0.501. The molecule has 0 saturated heterocycles. The van der Waals surface area contributed by atoms with Crippen LogP contribution in [0.2, 0.25) is 0 Å². The number of primary amides is 1. The summed E-state index contributed by atoms with van der Waals surface area (Å²) in [6, 6.07) is 14.3. The van der Waals surface area contributed by atoms with Crippen molar-refractivity contribution in [3.63, 3.8) is 0 Å². The van der Waals surface area contributed by atoms with E-state index in [-0.39, 0.29) is 11.6 Å². The molecule has 3 aromatic rings. The summed E-state index contributed by atoms with van der Waals surface area (Å²) in [5, 5.41) is 1.23. The van der Waals surface area contributed by atoms with Gasteiger partial charge in [-0.25, -0.2) is 4.98 Å². The number of amides is 1. The molecule has 1 atom stereocenters. The number of methoxy groups -OCH3 is 1. The van der Waals surface area contributed by atoms with Crippen molar-refractivity contribution in [1.29, 1.82) is 0 Å². The van der Waals surface area contributed by atoms with E-state index >= 15 is 0 Å². The Morgan fingerprint density at radius 1 is 1.22 bits per heavy atom. The molecule has 2 aromatic carbocycles. The lowest BCUT2D eigenvalue weighted by Gasteiger charge is -2.19. The number of ether oxygens (including phenoxy) is 1. The Morgan fingerprint density at radius 2 is 1.93 bits per heavy atom. The van der Waals surface area contributed by atoms with E-state index in [0.717, 1.165) is 5.56 Å². The maximum atomic E-state index is 13.0. The second kappa shape index (κ2) is 8.37. The average molecular weight is 383 g/mol.